The van der Waals surface area contributed by atoms with Crippen LogP contribution in [0.3, 0.4) is 0 Å². The van der Waals surface area contributed by atoms with Crippen LogP contribution in [-0.2, 0) is 4.79 Å². The molecule has 2 amide bonds. The van der Waals surface area contributed by atoms with Gasteiger partial charge < -0.3 is 14.5 Å². The molecule has 0 spiro atoms. The molecule has 34 heavy (non-hydrogen) atoms. The Kier molecular flexibility index (Phi) is 8.28. The molecule has 2 heterocycles. The third-order valence-electron chi connectivity index (χ3n) is 6.87. The maximum atomic E-state index is 13.2. The number of hydrogen-bond acceptors (Lipinski definition) is 3. The third-order valence-corrected chi connectivity index (χ3v) is 7.86. The smallest absolute Gasteiger partial charge is 0.253 e. The van der Waals surface area contributed by atoms with Crippen LogP contribution in [0.5, 0.6) is 5.75 Å². The zero-order valence-corrected chi connectivity index (χ0v) is 21.3. The van der Waals surface area contributed by atoms with Crippen molar-refractivity contribution in [1.29, 1.82) is 0 Å². The first-order valence-electron chi connectivity index (χ1n) is 11.8. The fraction of sp³-hybridized carbons (Fsp3) is 0.462. The van der Waals surface area contributed by atoms with E-state index in [4.69, 9.17) is 39.5 Å². The topological polar surface area (TPSA) is 49.9 Å². The number of carbonyl (C=O) groups excluding carboxylic acids is 2. The predicted molar refractivity (Wildman–Crippen MR) is 136 cm³/mol. The van der Waals surface area contributed by atoms with Gasteiger partial charge in [-0.15, -0.1) is 0 Å². The summed E-state index contributed by atoms with van der Waals surface area (Å²) in [5.74, 6) is 0.834. The Balaban J connectivity index is 1.45. The van der Waals surface area contributed by atoms with Crippen LogP contribution < -0.4 is 4.74 Å². The zero-order chi connectivity index (χ0) is 24.1. The van der Waals surface area contributed by atoms with Gasteiger partial charge in [-0.1, -0.05) is 34.8 Å². The molecule has 2 aliphatic heterocycles. The van der Waals surface area contributed by atoms with Crippen molar-refractivity contribution in [3.8, 4) is 5.75 Å². The molecule has 0 unspecified atom stereocenters. The van der Waals surface area contributed by atoms with Gasteiger partial charge in [0.25, 0.3) is 5.91 Å². The average Bonchev–Trinajstić information content (AvgIpc) is 2.86. The molecular weight excluding hydrogens is 495 g/mol. The molecule has 0 aromatic heterocycles. The van der Waals surface area contributed by atoms with Gasteiger partial charge in [-0.2, -0.15) is 0 Å². The van der Waals surface area contributed by atoms with E-state index in [1.165, 1.54) is 6.42 Å². The van der Waals surface area contributed by atoms with Crippen LogP contribution in [0.4, 0.5) is 0 Å². The van der Waals surface area contributed by atoms with E-state index in [-0.39, 0.29) is 17.2 Å². The van der Waals surface area contributed by atoms with Gasteiger partial charge in [0.2, 0.25) is 5.91 Å². The highest BCUT2D eigenvalue weighted by Gasteiger charge is 2.40. The second-order valence-electron chi connectivity index (χ2n) is 9.28. The average molecular weight is 524 g/mol. The second kappa shape index (κ2) is 11.2. The molecule has 2 aromatic rings. The fourth-order valence-electron chi connectivity index (χ4n) is 4.71. The van der Waals surface area contributed by atoms with Crippen LogP contribution >= 0.6 is 34.8 Å². The van der Waals surface area contributed by atoms with E-state index in [0.29, 0.717) is 59.6 Å². The van der Waals surface area contributed by atoms with Crippen molar-refractivity contribution in [2.75, 3.05) is 32.8 Å². The van der Waals surface area contributed by atoms with Gasteiger partial charge in [-0.05, 0) is 74.6 Å². The number of hydrogen-bond donors (Lipinski definition) is 0. The van der Waals surface area contributed by atoms with Crippen molar-refractivity contribution >= 4 is 46.6 Å². The Morgan fingerprint density at radius 1 is 0.824 bits per heavy atom. The number of carbonyl (C=O) groups is 2. The maximum Gasteiger partial charge on any atom is 0.253 e. The molecule has 2 aromatic carbocycles. The van der Waals surface area contributed by atoms with Crippen molar-refractivity contribution in [2.45, 2.75) is 38.5 Å². The molecule has 182 valence electrons. The van der Waals surface area contributed by atoms with Crippen molar-refractivity contribution in [3.63, 3.8) is 0 Å². The minimum absolute atomic E-state index is 0.0758. The lowest BCUT2D eigenvalue weighted by Gasteiger charge is -2.42. The molecule has 2 fully saturated rings. The molecule has 0 atom stereocenters. The molecule has 2 aliphatic rings. The van der Waals surface area contributed by atoms with Crippen molar-refractivity contribution in [2.24, 2.45) is 5.41 Å². The van der Waals surface area contributed by atoms with E-state index >= 15 is 0 Å². The largest absolute Gasteiger partial charge is 0.493 e. The van der Waals surface area contributed by atoms with Gasteiger partial charge in [0.15, 0.2) is 0 Å². The molecule has 2 saturated heterocycles. The Morgan fingerprint density at radius 3 is 2.15 bits per heavy atom. The molecule has 0 N–H and O–H groups in total. The van der Waals surface area contributed by atoms with Crippen LogP contribution in [0.1, 0.15) is 48.9 Å². The molecule has 0 saturated carbocycles. The minimum Gasteiger partial charge on any atom is -0.493 e. The predicted octanol–water partition coefficient (Wildman–Crippen LogP) is 6.35. The SMILES string of the molecule is O=C(CC1(COc2ccc(Cl)cc2)CCN(C(=O)c2ccc(Cl)c(Cl)c2)CC1)N1CCCCC1. The van der Waals surface area contributed by atoms with Gasteiger partial charge in [0.05, 0.1) is 16.7 Å². The first-order chi connectivity index (χ1) is 16.3. The van der Waals surface area contributed by atoms with Crippen molar-refractivity contribution in [3.05, 3.63) is 63.1 Å². The van der Waals surface area contributed by atoms with E-state index in [1.54, 1.807) is 30.3 Å². The fourth-order valence-corrected chi connectivity index (χ4v) is 5.14. The molecule has 8 heteroatoms. The normalized spacial score (nSPS) is 18.0. The number of piperidine rings is 2. The molecule has 0 bridgehead atoms. The van der Waals surface area contributed by atoms with Crippen molar-refractivity contribution in [1.82, 2.24) is 9.80 Å². The van der Waals surface area contributed by atoms with Gasteiger partial charge in [-0.3, -0.25) is 9.59 Å². The summed E-state index contributed by atoms with van der Waals surface area (Å²) in [5, 5.41) is 1.44. The summed E-state index contributed by atoms with van der Waals surface area (Å²) in [5.41, 5.74) is 0.187. The summed E-state index contributed by atoms with van der Waals surface area (Å²) in [4.78, 5) is 30.1. The number of likely N-dealkylation sites (tertiary alicyclic amines) is 2. The third kappa shape index (κ3) is 6.18. The lowest BCUT2D eigenvalue weighted by Crippen LogP contribution is -2.48. The molecule has 5 nitrogen and oxygen atoms in total. The van der Waals surface area contributed by atoms with E-state index < -0.39 is 0 Å². The quantitative estimate of drug-likeness (QED) is 0.443. The zero-order valence-electron chi connectivity index (χ0n) is 19.1. The highest BCUT2D eigenvalue weighted by atomic mass is 35.5. The maximum absolute atomic E-state index is 13.2. The number of benzene rings is 2. The molecule has 0 radical (unpaired) electrons. The lowest BCUT2D eigenvalue weighted by atomic mass is 9.75. The van der Waals surface area contributed by atoms with Crippen LogP contribution in [-0.4, -0.2) is 54.4 Å². The Labute approximate surface area is 215 Å². The van der Waals surface area contributed by atoms with Crippen LogP contribution in [0, 0.1) is 5.41 Å². The molecule has 0 aliphatic carbocycles. The van der Waals surface area contributed by atoms with Crippen LogP contribution in [0.25, 0.3) is 0 Å². The Hall–Kier alpha value is -1.95. The van der Waals surface area contributed by atoms with E-state index in [1.807, 2.05) is 21.9 Å². The first kappa shape index (κ1) is 25.2. The number of halogens is 3. The minimum atomic E-state index is -0.331. The van der Waals surface area contributed by atoms with E-state index in [0.717, 1.165) is 31.7 Å². The number of ether oxygens (including phenoxy) is 1. The summed E-state index contributed by atoms with van der Waals surface area (Å²) in [6, 6.07) is 12.2. The highest BCUT2D eigenvalue weighted by molar-refractivity contribution is 6.42. The first-order valence-corrected chi connectivity index (χ1v) is 12.9. The Morgan fingerprint density at radius 2 is 1.50 bits per heavy atom. The van der Waals surface area contributed by atoms with Crippen LogP contribution in [0.15, 0.2) is 42.5 Å². The lowest BCUT2D eigenvalue weighted by molar-refractivity contribution is -0.136. The van der Waals surface area contributed by atoms with Gasteiger partial charge in [0, 0.05) is 48.6 Å². The second-order valence-corrected chi connectivity index (χ2v) is 10.5. The number of rotatable bonds is 6. The van der Waals surface area contributed by atoms with Crippen molar-refractivity contribution < 1.29 is 14.3 Å². The van der Waals surface area contributed by atoms with Gasteiger partial charge >= 0.3 is 0 Å². The standard InChI is InChI=1S/C26H29Cl3N2O3/c27-20-5-7-21(8-6-20)34-18-26(17-24(32)30-12-2-1-3-13-30)10-14-31(15-11-26)25(33)19-4-9-22(28)23(29)16-19/h4-9,16H,1-3,10-15,17-18H2. The summed E-state index contributed by atoms with van der Waals surface area (Å²) >= 11 is 18.1. The highest BCUT2D eigenvalue weighted by Crippen LogP contribution is 2.37. The van der Waals surface area contributed by atoms with Gasteiger partial charge in [0.1, 0.15) is 5.75 Å². The summed E-state index contributed by atoms with van der Waals surface area (Å²) in [6.45, 7) is 3.18. The molecule has 4 rings (SSSR count). The molecular formula is C26H29Cl3N2O3. The summed E-state index contributed by atoms with van der Waals surface area (Å²) in [7, 11) is 0. The monoisotopic (exact) mass is 522 g/mol. The van der Waals surface area contributed by atoms with E-state index in [9.17, 15) is 9.59 Å². The van der Waals surface area contributed by atoms with E-state index in [2.05, 4.69) is 0 Å². The number of nitrogens with zero attached hydrogens (tertiary/aromatic N) is 2. The summed E-state index contributed by atoms with van der Waals surface area (Å²) < 4.78 is 6.14. The number of amides is 2. The van der Waals surface area contributed by atoms with Crippen LogP contribution in [0.2, 0.25) is 15.1 Å². The van der Waals surface area contributed by atoms with Gasteiger partial charge in [-0.25, -0.2) is 0 Å². The Bertz CT molecular complexity index is 1010. The summed E-state index contributed by atoms with van der Waals surface area (Å²) in [6.07, 6.45) is 5.11.